The quantitative estimate of drug-likeness (QED) is 0.559. The average Bonchev–Trinajstić information content (AvgIpc) is 3.49. The van der Waals surface area contributed by atoms with Gasteiger partial charge in [-0.2, -0.15) is 5.26 Å². The van der Waals surface area contributed by atoms with Crippen LogP contribution in [0.15, 0.2) is 24.3 Å². The maximum atomic E-state index is 13.3. The van der Waals surface area contributed by atoms with Crippen molar-refractivity contribution in [1.29, 1.82) is 10.7 Å². The van der Waals surface area contributed by atoms with Gasteiger partial charge in [0.1, 0.15) is 5.92 Å². The molecule has 4 rings (SSSR count). The predicted molar refractivity (Wildman–Crippen MR) is 104 cm³/mol. The van der Waals surface area contributed by atoms with Crippen molar-refractivity contribution in [2.45, 2.75) is 44.3 Å². The average molecular weight is 408 g/mol. The second kappa shape index (κ2) is 7.06. The number of hydrogen-bond donors (Lipinski definition) is 1. The number of carbonyl (C=O) groups is 4. The fourth-order valence-electron chi connectivity index (χ4n) is 4.26. The molecule has 2 atom stereocenters. The minimum absolute atomic E-state index is 0.0638. The van der Waals surface area contributed by atoms with E-state index in [-0.39, 0.29) is 36.4 Å². The Kier molecular flexibility index (Phi) is 4.65. The van der Waals surface area contributed by atoms with Crippen molar-refractivity contribution >= 4 is 35.0 Å². The molecule has 1 saturated heterocycles. The van der Waals surface area contributed by atoms with Crippen LogP contribution < -0.4 is 4.90 Å². The zero-order valence-corrected chi connectivity index (χ0v) is 16.4. The van der Waals surface area contributed by atoms with E-state index in [1.54, 1.807) is 30.3 Å². The first-order valence-corrected chi connectivity index (χ1v) is 9.73. The molecule has 2 heterocycles. The summed E-state index contributed by atoms with van der Waals surface area (Å²) in [5.41, 5.74) is -1.07. The minimum atomic E-state index is -1.63. The maximum Gasteiger partial charge on any atom is 0.354 e. The van der Waals surface area contributed by atoms with Crippen LogP contribution in [-0.2, 0) is 19.1 Å². The summed E-state index contributed by atoms with van der Waals surface area (Å²) in [6.07, 6.45) is 1.57. The zero-order valence-electron chi connectivity index (χ0n) is 16.4. The molecule has 0 aromatic heterocycles. The molecule has 154 valence electrons. The summed E-state index contributed by atoms with van der Waals surface area (Å²) in [7, 11) is 0. The van der Waals surface area contributed by atoms with Crippen LogP contribution in [0, 0.1) is 22.7 Å². The molecule has 30 heavy (non-hydrogen) atoms. The second-order valence-electron chi connectivity index (χ2n) is 7.76. The first-order chi connectivity index (χ1) is 14.3. The van der Waals surface area contributed by atoms with Crippen LogP contribution in [0.5, 0.6) is 0 Å². The van der Waals surface area contributed by atoms with Crippen LogP contribution in [0.1, 0.15) is 43.0 Å². The lowest BCUT2D eigenvalue weighted by molar-refractivity contribution is -0.160. The second-order valence-corrected chi connectivity index (χ2v) is 7.76. The van der Waals surface area contributed by atoms with E-state index >= 15 is 0 Å². The third-order valence-corrected chi connectivity index (χ3v) is 5.77. The molecule has 1 aromatic carbocycles. The summed E-state index contributed by atoms with van der Waals surface area (Å²) in [6.45, 7) is 0.626. The third-order valence-electron chi connectivity index (χ3n) is 5.77. The Hall–Kier alpha value is -3.54. The van der Waals surface area contributed by atoms with Crippen LogP contribution >= 0.6 is 0 Å². The van der Waals surface area contributed by atoms with Gasteiger partial charge in [0.15, 0.2) is 12.4 Å². The van der Waals surface area contributed by atoms with Crippen molar-refractivity contribution in [3.05, 3.63) is 29.8 Å². The van der Waals surface area contributed by atoms with Crippen molar-refractivity contribution in [2.24, 2.45) is 5.92 Å². The zero-order chi connectivity index (χ0) is 21.6. The summed E-state index contributed by atoms with van der Waals surface area (Å²) in [5, 5.41) is 16.6. The third kappa shape index (κ3) is 2.79. The van der Waals surface area contributed by atoms with Crippen LogP contribution in [0.4, 0.5) is 5.69 Å². The van der Waals surface area contributed by atoms with Crippen LogP contribution in [0.25, 0.3) is 0 Å². The predicted octanol–water partition coefficient (Wildman–Crippen LogP) is 1.42. The molecule has 0 radical (unpaired) electrons. The standard InChI is InChI=1S/C21H20N4O5/c1-12(23)15(10-22)17(26)11-30-20(29)21-9-8-18(27)25(21)16-5-3-2-4-14(16)19(28)24(21)13-6-7-13/h2-5,13,15,23H,6-9,11H2,1H3/t15?,21-/m0/s1. The smallest absolute Gasteiger partial charge is 0.354 e. The number of para-hydroxylation sites is 1. The highest BCUT2D eigenvalue weighted by molar-refractivity contribution is 6.16. The molecule has 0 spiro atoms. The van der Waals surface area contributed by atoms with Crippen LogP contribution in [-0.4, -0.2) is 52.5 Å². The summed E-state index contributed by atoms with van der Waals surface area (Å²) in [4.78, 5) is 54.4. The molecular weight excluding hydrogens is 388 g/mol. The van der Waals surface area contributed by atoms with Crippen molar-refractivity contribution in [2.75, 3.05) is 11.5 Å². The van der Waals surface area contributed by atoms with Crippen LogP contribution in [0.3, 0.4) is 0 Å². The number of ketones is 1. The molecule has 1 N–H and O–H groups in total. The number of anilines is 1. The lowest BCUT2D eigenvalue weighted by Gasteiger charge is -2.48. The molecule has 1 saturated carbocycles. The molecule has 2 aliphatic heterocycles. The van der Waals surface area contributed by atoms with Crippen molar-refractivity contribution < 1.29 is 23.9 Å². The van der Waals surface area contributed by atoms with Gasteiger partial charge in [-0.15, -0.1) is 0 Å². The van der Waals surface area contributed by atoms with E-state index in [0.29, 0.717) is 24.1 Å². The number of benzene rings is 1. The van der Waals surface area contributed by atoms with Gasteiger partial charge in [0.05, 0.1) is 17.3 Å². The van der Waals surface area contributed by atoms with Crippen molar-refractivity contribution in [3.8, 4) is 6.07 Å². The number of carbonyl (C=O) groups excluding carboxylic acids is 4. The van der Waals surface area contributed by atoms with Gasteiger partial charge in [-0.25, -0.2) is 4.79 Å². The number of Topliss-reactive ketones (excluding diaryl/α,β-unsaturated/α-hetero) is 1. The van der Waals surface area contributed by atoms with Gasteiger partial charge in [-0.3, -0.25) is 19.3 Å². The van der Waals surface area contributed by atoms with E-state index in [1.807, 2.05) is 0 Å². The van der Waals surface area contributed by atoms with E-state index in [4.69, 9.17) is 15.4 Å². The van der Waals surface area contributed by atoms with Crippen molar-refractivity contribution in [1.82, 2.24) is 4.90 Å². The Bertz CT molecular complexity index is 1020. The number of nitrogens with zero attached hydrogens (tertiary/aromatic N) is 3. The highest BCUT2D eigenvalue weighted by Crippen LogP contribution is 2.49. The fourth-order valence-corrected chi connectivity index (χ4v) is 4.26. The Labute approximate surface area is 172 Å². The Morgan fingerprint density at radius 3 is 2.67 bits per heavy atom. The molecule has 1 aromatic rings. The molecule has 9 heteroatoms. The fraction of sp³-hybridized carbons (Fsp3) is 0.429. The molecule has 1 aliphatic carbocycles. The largest absolute Gasteiger partial charge is 0.454 e. The topological polar surface area (TPSA) is 132 Å². The highest BCUT2D eigenvalue weighted by atomic mass is 16.5. The van der Waals surface area contributed by atoms with E-state index in [1.165, 1.54) is 16.7 Å². The number of rotatable bonds is 6. The number of fused-ring (bicyclic) bond motifs is 3. The van der Waals surface area contributed by atoms with E-state index in [0.717, 1.165) is 0 Å². The molecule has 9 nitrogen and oxygen atoms in total. The van der Waals surface area contributed by atoms with Gasteiger partial charge in [-0.05, 0) is 31.9 Å². The Morgan fingerprint density at radius 1 is 1.33 bits per heavy atom. The Balaban J connectivity index is 1.71. The monoisotopic (exact) mass is 408 g/mol. The van der Waals surface area contributed by atoms with Crippen LogP contribution in [0.2, 0.25) is 0 Å². The molecule has 1 unspecified atom stereocenters. The van der Waals surface area contributed by atoms with Gasteiger partial charge in [0, 0.05) is 24.6 Å². The summed E-state index contributed by atoms with van der Waals surface area (Å²) in [5.74, 6) is -3.52. The van der Waals surface area contributed by atoms with Gasteiger partial charge in [0.25, 0.3) is 5.91 Å². The first-order valence-electron chi connectivity index (χ1n) is 9.73. The minimum Gasteiger partial charge on any atom is -0.454 e. The van der Waals surface area contributed by atoms with Gasteiger partial charge >= 0.3 is 5.97 Å². The lowest BCUT2D eigenvalue weighted by Crippen LogP contribution is -2.69. The number of ether oxygens (including phenoxy) is 1. The molecule has 2 amide bonds. The highest BCUT2D eigenvalue weighted by Gasteiger charge is 2.64. The molecule has 3 aliphatic rings. The van der Waals surface area contributed by atoms with Gasteiger partial charge < -0.3 is 15.0 Å². The SMILES string of the molecule is CC(=N)C(C#N)C(=O)COC(=O)[C@]12CCC(=O)N1c1ccccc1C(=O)N2C1CC1. The lowest BCUT2D eigenvalue weighted by atomic mass is 9.96. The van der Waals surface area contributed by atoms with E-state index < -0.39 is 29.9 Å². The number of nitriles is 1. The Morgan fingerprint density at radius 2 is 2.03 bits per heavy atom. The molecule has 2 fully saturated rings. The van der Waals surface area contributed by atoms with E-state index in [9.17, 15) is 19.2 Å². The first kappa shape index (κ1) is 19.8. The molecular formula is C21H20N4O5. The van der Waals surface area contributed by atoms with Gasteiger partial charge in [-0.1, -0.05) is 12.1 Å². The maximum absolute atomic E-state index is 13.3. The number of nitrogens with one attached hydrogen (secondary N) is 1. The number of esters is 1. The van der Waals surface area contributed by atoms with Gasteiger partial charge in [0.2, 0.25) is 11.6 Å². The van der Waals surface area contributed by atoms with Crippen molar-refractivity contribution in [3.63, 3.8) is 0 Å². The summed E-state index contributed by atoms with van der Waals surface area (Å²) in [6, 6.07) is 8.18. The number of amides is 2. The summed E-state index contributed by atoms with van der Waals surface area (Å²) >= 11 is 0. The normalized spacial score (nSPS) is 23.3. The molecule has 0 bridgehead atoms. The summed E-state index contributed by atoms with van der Waals surface area (Å²) < 4.78 is 5.28. The van der Waals surface area contributed by atoms with E-state index in [2.05, 4.69) is 0 Å². The number of hydrogen-bond acceptors (Lipinski definition) is 7.